The van der Waals surface area contributed by atoms with Crippen molar-refractivity contribution < 1.29 is 9.90 Å². The molecule has 0 aromatic carbocycles. The van der Waals surface area contributed by atoms with Gasteiger partial charge in [0.2, 0.25) is 0 Å². The highest BCUT2D eigenvalue weighted by Crippen LogP contribution is 2.45. The predicted molar refractivity (Wildman–Crippen MR) is 86.2 cm³/mol. The maximum Gasteiger partial charge on any atom is 0.307 e. The van der Waals surface area contributed by atoms with Crippen LogP contribution in [0.3, 0.4) is 0 Å². The number of hydrogen-bond acceptors (Lipinski definition) is 2. The standard InChI is InChI=1S/C18H33NO2/c1-11-6-8-15(12(2)10-11)19-16-9-7-14(17(20)21)18(4,5)13(16)3/h11-16,19H,6-10H2,1-5H3,(H,20,21). The van der Waals surface area contributed by atoms with Crippen LogP contribution in [0, 0.1) is 29.1 Å². The Labute approximate surface area is 129 Å². The van der Waals surface area contributed by atoms with Crippen molar-refractivity contribution in [2.75, 3.05) is 0 Å². The smallest absolute Gasteiger partial charge is 0.307 e. The molecule has 2 aliphatic rings. The number of carbonyl (C=O) groups is 1. The highest BCUT2D eigenvalue weighted by Gasteiger charge is 2.46. The minimum absolute atomic E-state index is 0.132. The quantitative estimate of drug-likeness (QED) is 0.829. The van der Waals surface area contributed by atoms with Gasteiger partial charge in [-0.15, -0.1) is 0 Å². The monoisotopic (exact) mass is 295 g/mol. The molecule has 2 aliphatic carbocycles. The lowest BCUT2D eigenvalue weighted by Gasteiger charge is -2.48. The lowest BCUT2D eigenvalue weighted by atomic mass is 9.60. The van der Waals surface area contributed by atoms with E-state index in [4.69, 9.17) is 0 Å². The molecule has 2 fully saturated rings. The van der Waals surface area contributed by atoms with Crippen LogP contribution in [-0.2, 0) is 4.79 Å². The molecule has 0 aromatic rings. The largest absolute Gasteiger partial charge is 0.481 e. The van der Waals surface area contributed by atoms with Gasteiger partial charge >= 0.3 is 5.97 Å². The van der Waals surface area contributed by atoms with Gasteiger partial charge in [-0.2, -0.15) is 0 Å². The van der Waals surface area contributed by atoms with Gasteiger partial charge in [0, 0.05) is 12.1 Å². The van der Waals surface area contributed by atoms with Crippen LogP contribution in [0.2, 0.25) is 0 Å². The first-order chi connectivity index (χ1) is 9.73. The van der Waals surface area contributed by atoms with Crippen LogP contribution < -0.4 is 5.32 Å². The Hall–Kier alpha value is -0.570. The molecular weight excluding hydrogens is 262 g/mol. The van der Waals surface area contributed by atoms with Gasteiger partial charge in [-0.3, -0.25) is 4.79 Å². The summed E-state index contributed by atoms with van der Waals surface area (Å²) in [5.74, 6) is 1.18. The molecule has 0 aliphatic heterocycles. The number of nitrogens with one attached hydrogen (secondary N) is 1. The molecule has 0 saturated heterocycles. The molecule has 3 nitrogen and oxygen atoms in total. The molecule has 2 rings (SSSR count). The van der Waals surface area contributed by atoms with Crippen LogP contribution in [0.4, 0.5) is 0 Å². The number of rotatable bonds is 3. The van der Waals surface area contributed by atoms with E-state index in [1.807, 2.05) is 0 Å². The summed E-state index contributed by atoms with van der Waals surface area (Å²) in [5, 5.41) is 13.4. The van der Waals surface area contributed by atoms with Crippen LogP contribution in [0.5, 0.6) is 0 Å². The number of carboxylic acids is 1. The zero-order valence-electron chi connectivity index (χ0n) is 14.4. The van der Waals surface area contributed by atoms with Gasteiger partial charge in [-0.25, -0.2) is 0 Å². The average Bonchev–Trinajstić information content (AvgIpc) is 2.37. The highest BCUT2D eigenvalue weighted by molar-refractivity contribution is 5.71. The fourth-order valence-corrected chi connectivity index (χ4v) is 4.66. The van der Waals surface area contributed by atoms with Gasteiger partial charge in [-0.1, -0.05) is 34.6 Å². The SMILES string of the molecule is CC1CCC(NC2CCC(C(=O)O)C(C)(C)C2C)C(C)C1. The summed E-state index contributed by atoms with van der Waals surface area (Å²) in [6, 6.07) is 1.09. The summed E-state index contributed by atoms with van der Waals surface area (Å²) in [7, 11) is 0. The number of carboxylic acid groups (broad SMARTS) is 1. The molecule has 2 N–H and O–H groups in total. The van der Waals surface area contributed by atoms with E-state index in [0.29, 0.717) is 18.0 Å². The molecule has 0 bridgehead atoms. The number of hydrogen-bond donors (Lipinski definition) is 2. The Bertz CT molecular complexity index is 379. The first kappa shape index (κ1) is 16.8. The van der Waals surface area contributed by atoms with E-state index >= 15 is 0 Å². The van der Waals surface area contributed by atoms with Crippen molar-refractivity contribution in [3.05, 3.63) is 0 Å². The molecule has 0 heterocycles. The van der Waals surface area contributed by atoms with Crippen molar-refractivity contribution in [1.29, 1.82) is 0 Å². The molecular formula is C18H33NO2. The molecule has 6 unspecified atom stereocenters. The molecule has 0 spiro atoms. The summed E-state index contributed by atoms with van der Waals surface area (Å²) in [6.07, 6.45) is 5.72. The summed E-state index contributed by atoms with van der Waals surface area (Å²) >= 11 is 0. The molecule has 21 heavy (non-hydrogen) atoms. The van der Waals surface area contributed by atoms with E-state index in [-0.39, 0.29) is 11.3 Å². The van der Waals surface area contributed by atoms with E-state index in [1.165, 1.54) is 19.3 Å². The minimum atomic E-state index is -0.620. The minimum Gasteiger partial charge on any atom is -0.481 e. The van der Waals surface area contributed by atoms with Gasteiger partial charge < -0.3 is 10.4 Å². The third-order valence-electron chi connectivity index (χ3n) is 6.60. The second-order valence-electron chi connectivity index (χ2n) is 8.35. The summed E-state index contributed by atoms with van der Waals surface area (Å²) < 4.78 is 0. The van der Waals surface area contributed by atoms with Gasteiger partial charge in [0.25, 0.3) is 0 Å². The maximum atomic E-state index is 11.5. The second kappa shape index (κ2) is 6.28. The zero-order chi connectivity index (χ0) is 15.8. The van der Waals surface area contributed by atoms with Crippen molar-refractivity contribution in [2.45, 2.75) is 78.8 Å². The average molecular weight is 295 g/mol. The van der Waals surface area contributed by atoms with Crippen molar-refractivity contribution in [3.63, 3.8) is 0 Å². The lowest BCUT2D eigenvalue weighted by molar-refractivity contribution is -0.150. The van der Waals surface area contributed by atoms with E-state index in [9.17, 15) is 9.90 Å². The molecule has 0 aromatic heterocycles. The van der Waals surface area contributed by atoms with Crippen molar-refractivity contribution in [2.24, 2.45) is 29.1 Å². The van der Waals surface area contributed by atoms with Crippen LogP contribution in [0.25, 0.3) is 0 Å². The Morgan fingerprint density at radius 2 is 1.67 bits per heavy atom. The normalized spacial score (nSPS) is 43.5. The fraction of sp³-hybridized carbons (Fsp3) is 0.944. The van der Waals surface area contributed by atoms with Crippen molar-refractivity contribution in [1.82, 2.24) is 5.32 Å². The summed E-state index contributed by atoms with van der Waals surface area (Å²) in [6.45, 7) is 11.2. The molecule has 2 saturated carbocycles. The summed E-state index contributed by atoms with van der Waals surface area (Å²) in [4.78, 5) is 11.5. The van der Waals surface area contributed by atoms with Gasteiger partial charge in [-0.05, 0) is 55.3 Å². The van der Waals surface area contributed by atoms with Crippen LogP contribution >= 0.6 is 0 Å². The Balaban J connectivity index is 2.00. The molecule has 3 heteroatoms. The fourth-order valence-electron chi connectivity index (χ4n) is 4.66. The third-order valence-corrected chi connectivity index (χ3v) is 6.60. The molecule has 0 radical (unpaired) electrons. The third kappa shape index (κ3) is 3.44. The van der Waals surface area contributed by atoms with Crippen molar-refractivity contribution in [3.8, 4) is 0 Å². The van der Waals surface area contributed by atoms with Crippen LogP contribution in [-0.4, -0.2) is 23.2 Å². The molecule has 0 amide bonds. The van der Waals surface area contributed by atoms with Gasteiger partial charge in [0.05, 0.1) is 5.92 Å². The van der Waals surface area contributed by atoms with E-state index in [2.05, 4.69) is 39.9 Å². The zero-order valence-corrected chi connectivity index (χ0v) is 14.4. The summed E-state index contributed by atoms with van der Waals surface area (Å²) in [5.41, 5.74) is -0.132. The lowest BCUT2D eigenvalue weighted by Crippen LogP contribution is -2.55. The first-order valence-electron chi connectivity index (χ1n) is 8.72. The van der Waals surface area contributed by atoms with Crippen LogP contribution in [0.1, 0.15) is 66.7 Å². The Morgan fingerprint density at radius 3 is 2.24 bits per heavy atom. The maximum absolute atomic E-state index is 11.5. The highest BCUT2D eigenvalue weighted by atomic mass is 16.4. The predicted octanol–water partition coefficient (Wildman–Crippen LogP) is 3.93. The van der Waals surface area contributed by atoms with Gasteiger partial charge in [0.1, 0.15) is 0 Å². The molecule has 122 valence electrons. The Morgan fingerprint density at radius 1 is 1.05 bits per heavy atom. The topological polar surface area (TPSA) is 49.3 Å². The van der Waals surface area contributed by atoms with Gasteiger partial charge in [0.15, 0.2) is 0 Å². The van der Waals surface area contributed by atoms with E-state index in [0.717, 1.165) is 24.7 Å². The number of aliphatic carboxylic acids is 1. The first-order valence-corrected chi connectivity index (χ1v) is 8.72. The van der Waals surface area contributed by atoms with Crippen LogP contribution in [0.15, 0.2) is 0 Å². The molecule has 6 atom stereocenters. The second-order valence-corrected chi connectivity index (χ2v) is 8.35. The van der Waals surface area contributed by atoms with E-state index in [1.54, 1.807) is 0 Å². The van der Waals surface area contributed by atoms with E-state index < -0.39 is 5.97 Å². The van der Waals surface area contributed by atoms with Crippen molar-refractivity contribution >= 4 is 5.97 Å². The Kier molecular flexibility index (Phi) is 5.02.